The average molecular weight is 522 g/mol. The van der Waals surface area contributed by atoms with Crippen LogP contribution in [-0.4, -0.2) is 29.9 Å². The van der Waals surface area contributed by atoms with Gasteiger partial charge in [-0.25, -0.2) is 0 Å². The molecule has 38 heavy (non-hydrogen) atoms. The van der Waals surface area contributed by atoms with Gasteiger partial charge in [0.25, 0.3) is 0 Å². The maximum absolute atomic E-state index is 12.9. The average Bonchev–Trinajstić information content (AvgIpc) is 2.97. The lowest BCUT2D eigenvalue weighted by Gasteiger charge is -2.37. The Hall–Kier alpha value is -2.10. The van der Waals surface area contributed by atoms with Crippen molar-refractivity contribution in [2.75, 3.05) is 7.05 Å². The van der Waals surface area contributed by atoms with E-state index in [1.54, 1.807) is 0 Å². The molecule has 0 unspecified atom stereocenters. The van der Waals surface area contributed by atoms with E-state index < -0.39 is 0 Å². The van der Waals surface area contributed by atoms with Crippen molar-refractivity contribution in [3.05, 3.63) is 42.5 Å². The minimum atomic E-state index is -0.0359. The van der Waals surface area contributed by atoms with Gasteiger partial charge in [-0.15, -0.1) is 0 Å². The first kappa shape index (κ1) is 28.9. The van der Waals surface area contributed by atoms with Gasteiger partial charge in [-0.2, -0.15) is 0 Å². The summed E-state index contributed by atoms with van der Waals surface area (Å²) >= 11 is 0. The Morgan fingerprint density at radius 3 is 2.05 bits per heavy atom. The second-order valence-corrected chi connectivity index (χ2v) is 12.5. The van der Waals surface area contributed by atoms with E-state index in [2.05, 4.69) is 25.6 Å². The molecule has 0 atom stereocenters. The highest BCUT2D eigenvalue weighted by Crippen LogP contribution is 2.43. The van der Waals surface area contributed by atoms with Crippen molar-refractivity contribution in [3.63, 3.8) is 0 Å². The van der Waals surface area contributed by atoms with E-state index in [-0.39, 0.29) is 17.8 Å². The van der Waals surface area contributed by atoms with E-state index in [1.807, 2.05) is 24.1 Å². The minimum absolute atomic E-state index is 0.00778. The zero-order valence-corrected chi connectivity index (χ0v) is 24.0. The van der Waals surface area contributed by atoms with Crippen LogP contribution in [0, 0.1) is 23.7 Å². The topological polar surface area (TPSA) is 46.6 Å². The molecule has 1 amide bonds. The lowest BCUT2D eigenvalue weighted by Crippen LogP contribution is -2.38. The Morgan fingerprint density at radius 1 is 0.868 bits per heavy atom. The standard InChI is InChI=1S/C34H51NO3/c1-4-6-7-8-25-9-11-26(12-10-25)27-13-15-30(16-14-27)34(37)38-32-23-19-29(20-24-32)28-17-21-31(22-18-28)35(3)33(36)5-2/h5,19-20,23-28,30-31H,2,4,6-18,21-22H2,1,3H3. The SMILES string of the molecule is C=CC(=O)N(C)C1CCC(c2ccc(OC(=O)C3CCC(C4CCC(CCCCC)CC4)CC3)cc2)CC1. The Kier molecular flexibility index (Phi) is 10.9. The summed E-state index contributed by atoms with van der Waals surface area (Å²) in [5.74, 6) is 3.89. The third-order valence-electron chi connectivity index (χ3n) is 10.2. The number of benzene rings is 1. The quantitative estimate of drug-likeness (QED) is 0.134. The summed E-state index contributed by atoms with van der Waals surface area (Å²) in [6.45, 7) is 5.90. The number of ether oxygens (including phenoxy) is 1. The molecular formula is C34H51NO3. The molecule has 3 saturated carbocycles. The van der Waals surface area contributed by atoms with Crippen molar-refractivity contribution < 1.29 is 14.3 Å². The Labute approximate surface area is 231 Å². The van der Waals surface area contributed by atoms with E-state index in [4.69, 9.17) is 4.74 Å². The fourth-order valence-electron chi connectivity index (χ4n) is 7.59. The smallest absolute Gasteiger partial charge is 0.314 e. The van der Waals surface area contributed by atoms with E-state index in [0.717, 1.165) is 56.3 Å². The number of hydrogen-bond donors (Lipinski definition) is 0. The molecule has 3 fully saturated rings. The minimum Gasteiger partial charge on any atom is -0.426 e. The summed E-state index contributed by atoms with van der Waals surface area (Å²) in [6.07, 6.45) is 21.2. The molecule has 0 bridgehead atoms. The molecule has 4 nitrogen and oxygen atoms in total. The van der Waals surface area contributed by atoms with Crippen LogP contribution in [0.15, 0.2) is 36.9 Å². The van der Waals surface area contributed by atoms with Crippen molar-refractivity contribution in [1.29, 1.82) is 0 Å². The van der Waals surface area contributed by atoms with Gasteiger partial charge >= 0.3 is 5.97 Å². The van der Waals surface area contributed by atoms with Gasteiger partial charge in [0.15, 0.2) is 0 Å². The van der Waals surface area contributed by atoms with Crippen molar-refractivity contribution in [2.45, 2.75) is 122 Å². The van der Waals surface area contributed by atoms with Gasteiger partial charge in [0.2, 0.25) is 5.91 Å². The van der Waals surface area contributed by atoms with Crippen molar-refractivity contribution in [2.24, 2.45) is 23.7 Å². The molecule has 0 radical (unpaired) electrons. The normalized spacial score (nSPS) is 29.8. The highest BCUT2D eigenvalue weighted by molar-refractivity contribution is 5.87. The summed E-state index contributed by atoms with van der Waals surface area (Å²) in [5, 5.41) is 0. The molecule has 1 aromatic carbocycles. The predicted molar refractivity (Wildman–Crippen MR) is 155 cm³/mol. The zero-order chi connectivity index (χ0) is 26.9. The van der Waals surface area contributed by atoms with Gasteiger partial charge in [-0.05, 0) is 112 Å². The third-order valence-corrected chi connectivity index (χ3v) is 10.2. The van der Waals surface area contributed by atoms with Gasteiger partial charge < -0.3 is 9.64 Å². The summed E-state index contributed by atoms with van der Waals surface area (Å²) in [4.78, 5) is 26.7. The molecule has 0 saturated heterocycles. The fourth-order valence-corrected chi connectivity index (χ4v) is 7.59. The Balaban J connectivity index is 1.16. The number of carbonyl (C=O) groups excluding carboxylic acids is 2. The molecule has 4 heteroatoms. The maximum Gasteiger partial charge on any atom is 0.314 e. The van der Waals surface area contributed by atoms with Crippen LogP contribution in [0.5, 0.6) is 5.75 Å². The summed E-state index contributed by atoms with van der Waals surface area (Å²) in [7, 11) is 1.88. The number of nitrogens with zero attached hydrogens (tertiary/aromatic N) is 1. The first-order valence-corrected chi connectivity index (χ1v) is 15.7. The van der Waals surface area contributed by atoms with E-state index in [1.165, 1.54) is 75.8 Å². The third kappa shape index (κ3) is 7.73. The molecule has 210 valence electrons. The molecule has 0 heterocycles. The van der Waals surface area contributed by atoms with Crippen LogP contribution in [0.3, 0.4) is 0 Å². The molecule has 3 aliphatic carbocycles. The number of likely N-dealkylation sites (N-methyl/N-ethyl adjacent to an activating group) is 1. The van der Waals surface area contributed by atoms with Crippen LogP contribution in [0.4, 0.5) is 0 Å². The number of carbonyl (C=O) groups is 2. The highest BCUT2D eigenvalue weighted by Gasteiger charge is 2.33. The van der Waals surface area contributed by atoms with Gasteiger partial charge in [0.05, 0.1) is 5.92 Å². The maximum atomic E-state index is 12.9. The van der Waals surface area contributed by atoms with Crippen LogP contribution in [0.2, 0.25) is 0 Å². The summed E-state index contributed by atoms with van der Waals surface area (Å²) in [5.41, 5.74) is 1.31. The second-order valence-electron chi connectivity index (χ2n) is 12.5. The summed E-state index contributed by atoms with van der Waals surface area (Å²) in [6, 6.07) is 8.50. The van der Waals surface area contributed by atoms with Crippen LogP contribution >= 0.6 is 0 Å². The Morgan fingerprint density at radius 2 is 1.47 bits per heavy atom. The van der Waals surface area contributed by atoms with Gasteiger partial charge in [-0.3, -0.25) is 9.59 Å². The van der Waals surface area contributed by atoms with Crippen molar-refractivity contribution >= 4 is 11.9 Å². The number of hydrogen-bond acceptors (Lipinski definition) is 3. The molecule has 0 spiro atoms. The number of rotatable bonds is 10. The molecule has 3 aliphatic rings. The first-order valence-electron chi connectivity index (χ1n) is 15.7. The summed E-state index contributed by atoms with van der Waals surface area (Å²) < 4.78 is 5.83. The van der Waals surface area contributed by atoms with Crippen LogP contribution in [0.1, 0.15) is 121 Å². The second kappa shape index (κ2) is 14.3. The number of esters is 1. The first-order chi connectivity index (χ1) is 18.5. The number of amides is 1. The molecule has 4 rings (SSSR count). The number of unbranched alkanes of at least 4 members (excludes halogenated alkanes) is 2. The van der Waals surface area contributed by atoms with E-state index >= 15 is 0 Å². The molecule has 1 aromatic rings. The van der Waals surface area contributed by atoms with Gasteiger partial charge in [0, 0.05) is 13.1 Å². The van der Waals surface area contributed by atoms with Crippen molar-refractivity contribution in [3.8, 4) is 5.75 Å². The lowest BCUT2D eigenvalue weighted by molar-refractivity contribution is -0.140. The molecule has 0 aliphatic heterocycles. The van der Waals surface area contributed by atoms with E-state index in [0.29, 0.717) is 17.7 Å². The van der Waals surface area contributed by atoms with Crippen molar-refractivity contribution in [1.82, 2.24) is 4.90 Å². The van der Waals surface area contributed by atoms with Gasteiger partial charge in [-0.1, -0.05) is 64.2 Å². The molecule has 0 aromatic heterocycles. The largest absolute Gasteiger partial charge is 0.426 e. The predicted octanol–water partition coefficient (Wildman–Crippen LogP) is 8.46. The fraction of sp³-hybridized carbons (Fsp3) is 0.706. The van der Waals surface area contributed by atoms with Gasteiger partial charge in [0.1, 0.15) is 5.75 Å². The van der Waals surface area contributed by atoms with E-state index in [9.17, 15) is 9.59 Å². The lowest BCUT2D eigenvalue weighted by atomic mass is 9.68. The monoisotopic (exact) mass is 521 g/mol. The van der Waals surface area contributed by atoms with Crippen LogP contribution in [-0.2, 0) is 9.59 Å². The Bertz CT molecular complexity index is 885. The highest BCUT2D eigenvalue weighted by atomic mass is 16.5. The molecular weight excluding hydrogens is 470 g/mol. The van der Waals surface area contributed by atoms with Crippen LogP contribution < -0.4 is 4.74 Å². The molecule has 0 N–H and O–H groups in total. The van der Waals surface area contributed by atoms with Crippen LogP contribution in [0.25, 0.3) is 0 Å². The zero-order valence-electron chi connectivity index (χ0n) is 24.0.